The highest BCUT2D eigenvalue weighted by molar-refractivity contribution is 7.89. The lowest BCUT2D eigenvalue weighted by atomic mass is 10.2. The van der Waals surface area contributed by atoms with Gasteiger partial charge in [-0.05, 0) is 43.9 Å². The molecule has 6 nitrogen and oxygen atoms in total. The predicted molar refractivity (Wildman–Crippen MR) is 91.3 cm³/mol. The van der Waals surface area contributed by atoms with Crippen molar-refractivity contribution >= 4 is 21.6 Å². The first kappa shape index (κ1) is 17.4. The van der Waals surface area contributed by atoms with Crippen molar-refractivity contribution in [2.75, 3.05) is 25.0 Å². The van der Waals surface area contributed by atoms with Gasteiger partial charge in [0.15, 0.2) is 0 Å². The molecule has 1 N–H and O–H groups in total. The number of amides is 1. The third-order valence-electron chi connectivity index (χ3n) is 4.53. The minimum absolute atomic E-state index is 0.211. The van der Waals surface area contributed by atoms with E-state index in [1.165, 1.54) is 6.07 Å². The summed E-state index contributed by atoms with van der Waals surface area (Å²) in [5, 5.41) is 2.76. The Morgan fingerprint density at radius 2 is 1.88 bits per heavy atom. The molecule has 2 saturated heterocycles. The monoisotopic (exact) mass is 352 g/mol. The molecule has 0 bridgehead atoms. The van der Waals surface area contributed by atoms with Gasteiger partial charge in [0.05, 0.1) is 4.90 Å². The summed E-state index contributed by atoms with van der Waals surface area (Å²) >= 11 is 0. The summed E-state index contributed by atoms with van der Waals surface area (Å²) in [5.41, 5.74) is 0.492. The van der Waals surface area contributed by atoms with Crippen LogP contribution in [0.1, 0.15) is 38.5 Å². The van der Waals surface area contributed by atoms with E-state index in [0.717, 1.165) is 32.1 Å². The van der Waals surface area contributed by atoms with Gasteiger partial charge in [-0.15, -0.1) is 0 Å². The Kier molecular flexibility index (Phi) is 5.53. The number of benzene rings is 1. The Hall–Kier alpha value is -1.44. The van der Waals surface area contributed by atoms with Crippen LogP contribution in [-0.2, 0) is 19.6 Å². The Bertz CT molecular complexity index is 676. The van der Waals surface area contributed by atoms with Gasteiger partial charge in [-0.3, -0.25) is 4.79 Å². The number of nitrogens with one attached hydrogen (secondary N) is 1. The molecule has 0 radical (unpaired) electrons. The number of carbonyl (C=O) groups excluding carboxylic acids is 1. The molecule has 1 amide bonds. The molecular weight excluding hydrogens is 328 g/mol. The molecular formula is C17H24N2O4S. The van der Waals surface area contributed by atoms with Crippen molar-refractivity contribution in [3.63, 3.8) is 0 Å². The van der Waals surface area contributed by atoms with E-state index < -0.39 is 16.1 Å². The summed E-state index contributed by atoms with van der Waals surface area (Å²) in [5.74, 6) is -0.211. The van der Waals surface area contributed by atoms with Gasteiger partial charge in [-0.1, -0.05) is 18.9 Å². The van der Waals surface area contributed by atoms with Gasteiger partial charge >= 0.3 is 0 Å². The van der Waals surface area contributed by atoms with Crippen LogP contribution in [0.5, 0.6) is 0 Å². The molecule has 0 aromatic heterocycles. The Balaban J connectivity index is 1.75. The molecule has 1 aromatic rings. The fourth-order valence-electron chi connectivity index (χ4n) is 3.17. The van der Waals surface area contributed by atoms with Gasteiger partial charge in [-0.2, -0.15) is 4.31 Å². The van der Waals surface area contributed by atoms with Gasteiger partial charge in [0, 0.05) is 25.4 Å². The second kappa shape index (κ2) is 7.63. The number of ether oxygens (including phenoxy) is 1. The number of anilines is 1. The van der Waals surface area contributed by atoms with Crippen molar-refractivity contribution in [1.29, 1.82) is 0 Å². The Labute approximate surface area is 143 Å². The standard InChI is InChI=1S/C17H24N2O4S/c20-17(16-9-6-12-23-16)18-14-7-5-8-15(13-14)24(21,22)19-10-3-1-2-4-11-19/h5,7-8,13,16H,1-4,6,9-12H2,(H,18,20)/t16-/m0/s1. The predicted octanol–water partition coefficient (Wildman–Crippen LogP) is 2.37. The van der Waals surface area contributed by atoms with Crippen LogP contribution >= 0.6 is 0 Å². The average molecular weight is 352 g/mol. The zero-order chi connectivity index (χ0) is 17.0. The van der Waals surface area contributed by atoms with Gasteiger partial charge in [-0.25, -0.2) is 8.42 Å². The zero-order valence-electron chi connectivity index (χ0n) is 13.7. The summed E-state index contributed by atoms with van der Waals surface area (Å²) in [4.78, 5) is 12.4. The number of hydrogen-bond donors (Lipinski definition) is 1. The quantitative estimate of drug-likeness (QED) is 0.903. The molecule has 0 spiro atoms. The number of nitrogens with zero attached hydrogens (tertiary/aromatic N) is 1. The van der Waals surface area contributed by atoms with E-state index in [1.54, 1.807) is 22.5 Å². The van der Waals surface area contributed by atoms with Gasteiger partial charge in [0.2, 0.25) is 10.0 Å². The van der Waals surface area contributed by atoms with Crippen LogP contribution in [0.25, 0.3) is 0 Å². The fraction of sp³-hybridized carbons (Fsp3) is 0.588. The SMILES string of the molecule is O=C(Nc1cccc(S(=O)(=O)N2CCCCCC2)c1)[C@@H]1CCCO1. The van der Waals surface area contributed by atoms with Crippen molar-refractivity contribution in [2.24, 2.45) is 0 Å². The molecule has 1 atom stereocenters. The minimum atomic E-state index is -3.51. The van der Waals surface area contributed by atoms with Crippen molar-refractivity contribution < 1.29 is 17.9 Å². The van der Waals surface area contributed by atoms with E-state index in [1.807, 2.05) is 0 Å². The van der Waals surface area contributed by atoms with Gasteiger partial charge in [0.1, 0.15) is 6.10 Å². The number of carbonyl (C=O) groups is 1. The summed E-state index contributed by atoms with van der Waals surface area (Å²) in [6.07, 6.45) is 5.09. The lowest BCUT2D eigenvalue weighted by Gasteiger charge is -2.20. The summed E-state index contributed by atoms with van der Waals surface area (Å²) < 4.78 is 32.6. The molecule has 24 heavy (non-hydrogen) atoms. The molecule has 0 saturated carbocycles. The second-order valence-electron chi connectivity index (χ2n) is 6.34. The van der Waals surface area contributed by atoms with E-state index in [0.29, 0.717) is 31.8 Å². The lowest BCUT2D eigenvalue weighted by Crippen LogP contribution is -2.32. The van der Waals surface area contributed by atoms with Crippen LogP contribution in [0.15, 0.2) is 29.2 Å². The third-order valence-corrected chi connectivity index (χ3v) is 6.42. The molecule has 2 fully saturated rings. The van der Waals surface area contributed by atoms with Gasteiger partial charge < -0.3 is 10.1 Å². The van der Waals surface area contributed by atoms with Crippen LogP contribution in [0.4, 0.5) is 5.69 Å². The zero-order valence-corrected chi connectivity index (χ0v) is 14.6. The molecule has 2 aliphatic heterocycles. The first-order chi connectivity index (χ1) is 11.6. The molecule has 132 valence electrons. The minimum Gasteiger partial charge on any atom is -0.368 e. The molecule has 2 aliphatic rings. The maximum Gasteiger partial charge on any atom is 0.253 e. The molecule has 7 heteroatoms. The summed E-state index contributed by atoms with van der Waals surface area (Å²) in [7, 11) is -3.51. The van der Waals surface area contributed by atoms with Crippen LogP contribution in [-0.4, -0.2) is 44.4 Å². The lowest BCUT2D eigenvalue weighted by molar-refractivity contribution is -0.124. The van der Waals surface area contributed by atoms with E-state index in [-0.39, 0.29) is 10.8 Å². The largest absolute Gasteiger partial charge is 0.368 e. The Morgan fingerprint density at radius 3 is 2.54 bits per heavy atom. The molecule has 2 heterocycles. The van der Waals surface area contributed by atoms with Crippen LogP contribution < -0.4 is 5.32 Å². The van der Waals surface area contributed by atoms with E-state index >= 15 is 0 Å². The first-order valence-corrected chi connectivity index (χ1v) is 10.0. The molecule has 0 aliphatic carbocycles. The summed E-state index contributed by atoms with van der Waals surface area (Å²) in [6, 6.07) is 6.49. The van der Waals surface area contributed by atoms with E-state index in [4.69, 9.17) is 4.74 Å². The molecule has 1 aromatic carbocycles. The highest BCUT2D eigenvalue weighted by Gasteiger charge is 2.26. The van der Waals surface area contributed by atoms with Crippen molar-refractivity contribution in [2.45, 2.75) is 49.5 Å². The second-order valence-corrected chi connectivity index (χ2v) is 8.27. The topological polar surface area (TPSA) is 75.7 Å². The highest BCUT2D eigenvalue weighted by Crippen LogP contribution is 2.23. The van der Waals surface area contributed by atoms with E-state index in [9.17, 15) is 13.2 Å². The maximum absolute atomic E-state index is 12.8. The maximum atomic E-state index is 12.8. The third kappa shape index (κ3) is 3.96. The van der Waals surface area contributed by atoms with Crippen molar-refractivity contribution in [3.8, 4) is 0 Å². The smallest absolute Gasteiger partial charge is 0.253 e. The highest BCUT2D eigenvalue weighted by atomic mass is 32.2. The van der Waals surface area contributed by atoms with Crippen molar-refractivity contribution in [3.05, 3.63) is 24.3 Å². The molecule has 0 unspecified atom stereocenters. The summed E-state index contributed by atoms with van der Waals surface area (Å²) in [6.45, 7) is 1.73. The van der Waals surface area contributed by atoms with Crippen molar-refractivity contribution in [1.82, 2.24) is 4.31 Å². The normalized spacial score (nSPS) is 22.9. The number of sulfonamides is 1. The van der Waals surface area contributed by atoms with Gasteiger partial charge in [0.25, 0.3) is 5.91 Å². The van der Waals surface area contributed by atoms with Crippen LogP contribution in [0.3, 0.4) is 0 Å². The molecule has 3 rings (SSSR count). The number of hydrogen-bond acceptors (Lipinski definition) is 4. The fourth-order valence-corrected chi connectivity index (χ4v) is 4.74. The van der Waals surface area contributed by atoms with Crippen LogP contribution in [0.2, 0.25) is 0 Å². The van der Waals surface area contributed by atoms with E-state index in [2.05, 4.69) is 5.32 Å². The van der Waals surface area contributed by atoms with Crippen LogP contribution in [0, 0.1) is 0 Å². The first-order valence-electron chi connectivity index (χ1n) is 8.60. The Morgan fingerprint density at radius 1 is 1.12 bits per heavy atom. The number of rotatable bonds is 4. The average Bonchev–Trinajstić information content (AvgIpc) is 2.97.